The van der Waals surface area contributed by atoms with Crippen molar-refractivity contribution in [3.8, 4) is 11.8 Å². The Balaban J connectivity index is 1.70. The van der Waals surface area contributed by atoms with Crippen LogP contribution in [0.2, 0.25) is 0 Å². The van der Waals surface area contributed by atoms with Crippen molar-refractivity contribution >= 4 is 6.29 Å². The number of aliphatic hydroxyl groups is 1. The fourth-order valence-corrected chi connectivity index (χ4v) is 4.13. The first kappa shape index (κ1) is 17.0. The molecule has 1 aromatic rings. The van der Waals surface area contributed by atoms with Crippen molar-refractivity contribution in [2.24, 2.45) is 11.3 Å². The van der Waals surface area contributed by atoms with Crippen LogP contribution in [0.1, 0.15) is 68.3 Å². The number of allylic oxidation sites excluding steroid dienone is 2. The molecule has 0 fully saturated rings. The number of benzene rings is 1. The lowest BCUT2D eigenvalue weighted by Gasteiger charge is -2.41. The zero-order valence-electron chi connectivity index (χ0n) is 14.6. The fraction of sp³-hybridized carbons (Fsp3) is 0.500. The average molecular weight is 322 g/mol. The Morgan fingerprint density at radius 1 is 1.25 bits per heavy atom. The molecule has 2 aliphatic carbocycles. The second kappa shape index (κ2) is 6.95. The first-order valence-electron chi connectivity index (χ1n) is 8.96. The second-order valence-corrected chi connectivity index (χ2v) is 7.78. The van der Waals surface area contributed by atoms with Crippen LogP contribution in [0.3, 0.4) is 0 Å². The van der Waals surface area contributed by atoms with E-state index in [9.17, 15) is 9.90 Å². The molecule has 0 spiro atoms. The van der Waals surface area contributed by atoms with E-state index in [-0.39, 0.29) is 11.3 Å². The maximum atomic E-state index is 10.7. The Kier molecular flexibility index (Phi) is 4.92. The average Bonchev–Trinajstić information content (AvgIpc) is 2.59. The van der Waals surface area contributed by atoms with Gasteiger partial charge in [-0.1, -0.05) is 49.0 Å². The lowest BCUT2D eigenvalue weighted by atomic mass is 9.65. The minimum atomic E-state index is -0.581. The normalized spacial score (nSPS) is 23.7. The van der Waals surface area contributed by atoms with Crippen molar-refractivity contribution in [3.05, 3.63) is 46.5 Å². The highest BCUT2D eigenvalue weighted by Crippen LogP contribution is 2.48. The minimum Gasteiger partial charge on any atom is -0.380 e. The quantitative estimate of drug-likeness (QED) is 0.494. The fourth-order valence-electron chi connectivity index (χ4n) is 4.13. The van der Waals surface area contributed by atoms with Gasteiger partial charge < -0.3 is 5.11 Å². The third kappa shape index (κ3) is 3.62. The van der Waals surface area contributed by atoms with E-state index in [2.05, 4.69) is 25.7 Å². The highest BCUT2D eigenvalue weighted by Gasteiger charge is 2.35. The molecular weight excluding hydrogens is 296 g/mol. The predicted molar refractivity (Wildman–Crippen MR) is 96.7 cm³/mol. The molecule has 0 saturated heterocycles. The highest BCUT2D eigenvalue weighted by atomic mass is 16.3. The van der Waals surface area contributed by atoms with Crippen molar-refractivity contribution in [3.63, 3.8) is 0 Å². The largest absolute Gasteiger partial charge is 0.380 e. The van der Waals surface area contributed by atoms with Gasteiger partial charge in [-0.2, -0.15) is 0 Å². The van der Waals surface area contributed by atoms with Crippen LogP contribution in [-0.2, 0) is 0 Å². The number of carbonyl (C=O) groups excluding carboxylic acids is 1. The summed E-state index contributed by atoms with van der Waals surface area (Å²) in [5.74, 6) is 6.32. The van der Waals surface area contributed by atoms with Gasteiger partial charge in [0.2, 0.25) is 0 Å². The van der Waals surface area contributed by atoms with E-state index in [0.717, 1.165) is 31.1 Å². The van der Waals surface area contributed by atoms with Crippen LogP contribution in [0.5, 0.6) is 0 Å². The van der Waals surface area contributed by atoms with E-state index in [4.69, 9.17) is 0 Å². The van der Waals surface area contributed by atoms with Crippen molar-refractivity contribution in [1.82, 2.24) is 0 Å². The maximum absolute atomic E-state index is 10.7. The Morgan fingerprint density at radius 3 is 2.71 bits per heavy atom. The Bertz CT molecular complexity index is 698. The summed E-state index contributed by atoms with van der Waals surface area (Å²) >= 11 is 0. The zero-order valence-corrected chi connectivity index (χ0v) is 14.6. The van der Waals surface area contributed by atoms with E-state index < -0.39 is 6.10 Å². The van der Waals surface area contributed by atoms with Gasteiger partial charge in [-0.15, -0.1) is 0 Å². The summed E-state index contributed by atoms with van der Waals surface area (Å²) in [6.45, 7) is 4.69. The Hall–Kier alpha value is -1.85. The number of aliphatic hydroxyl groups excluding tert-OH is 1. The summed E-state index contributed by atoms with van der Waals surface area (Å²) in [5, 5.41) is 10.5. The first-order valence-corrected chi connectivity index (χ1v) is 8.96. The third-order valence-electron chi connectivity index (χ3n) is 5.66. The molecule has 2 heteroatoms. The van der Waals surface area contributed by atoms with E-state index in [1.165, 1.54) is 19.3 Å². The Morgan fingerprint density at radius 2 is 2.00 bits per heavy atom. The van der Waals surface area contributed by atoms with Crippen molar-refractivity contribution in [2.45, 2.75) is 58.5 Å². The number of carbonyl (C=O) groups is 1. The molecule has 24 heavy (non-hydrogen) atoms. The van der Waals surface area contributed by atoms with Gasteiger partial charge in [0.25, 0.3) is 0 Å². The summed E-state index contributed by atoms with van der Waals surface area (Å²) in [6.07, 6.45) is 7.19. The Labute approximate surface area is 145 Å². The van der Waals surface area contributed by atoms with Crippen molar-refractivity contribution in [1.29, 1.82) is 0 Å². The van der Waals surface area contributed by atoms with Crippen LogP contribution < -0.4 is 0 Å². The SMILES string of the molecule is CC1(C)CCCC2=C1CC(C(O)C#Cc1ccc(C=O)cc1)CC2. The topological polar surface area (TPSA) is 37.3 Å². The standard InChI is InChI=1S/C22H26O2/c1-22(2)13-3-4-18-10-11-19(14-20(18)22)21(24)12-9-16-5-7-17(15-23)8-6-16/h5-8,15,19,21,24H,3-4,10-11,13-14H2,1-2H3. The van der Waals surface area contributed by atoms with Crippen LogP contribution in [0.4, 0.5) is 0 Å². The number of rotatable bonds is 2. The molecule has 1 aromatic carbocycles. The van der Waals surface area contributed by atoms with Gasteiger partial charge in [0, 0.05) is 17.0 Å². The molecule has 2 atom stereocenters. The molecule has 1 N–H and O–H groups in total. The summed E-state index contributed by atoms with van der Waals surface area (Å²) in [7, 11) is 0. The molecule has 0 aromatic heterocycles. The van der Waals surface area contributed by atoms with Gasteiger partial charge >= 0.3 is 0 Å². The number of hydrogen-bond acceptors (Lipinski definition) is 2. The molecular formula is C22H26O2. The van der Waals surface area contributed by atoms with Gasteiger partial charge in [-0.25, -0.2) is 0 Å². The second-order valence-electron chi connectivity index (χ2n) is 7.78. The zero-order chi connectivity index (χ0) is 17.2. The highest BCUT2D eigenvalue weighted by molar-refractivity contribution is 5.74. The lowest BCUT2D eigenvalue weighted by Crippen LogP contribution is -2.30. The summed E-state index contributed by atoms with van der Waals surface area (Å²) in [5.41, 5.74) is 5.00. The molecule has 0 saturated carbocycles. The monoisotopic (exact) mass is 322 g/mol. The summed E-state index contributed by atoms with van der Waals surface area (Å²) < 4.78 is 0. The van der Waals surface area contributed by atoms with Crippen molar-refractivity contribution in [2.75, 3.05) is 0 Å². The van der Waals surface area contributed by atoms with Crippen molar-refractivity contribution < 1.29 is 9.90 Å². The van der Waals surface area contributed by atoms with Crippen LogP contribution in [0.25, 0.3) is 0 Å². The van der Waals surface area contributed by atoms with Gasteiger partial charge in [-0.3, -0.25) is 4.79 Å². The van der Waals surface area contributed by atoms with Crippen LogP contribution in [-0.4, -0.2) is 17.5 Å². The summed E-state index contributed by atoms with van der Waals surface area (Å²) in [4.78, 5) is 10.7. The minimum absolute atomic E-state index is 0.239. The lowest BCUT2D eigenvalue weighted by molar-refractivity contribution is 0.112. The molecule has 3 rings (SSSR count). The molecule has 0 aliphatic heterocycles. The van der Waals surface area contributed by atoms with Gasteiger partial charge in [-0.05, 0) is 56.1 Å². The summed E-state index contributed by atoms with van der Waals surface area (Å²) in [6, 6.07) is 7.17. The van der Waals surface area contributed by atoms with E-state index in [1.807, 2.05) is 12.1 Å². The van der Waals surface area contributed by atoms with Gasteiger partial charge in [0.05, 0.1) is 0 Å². The molecule has 2 nitrogen and oxygen atoms in total. The predicted octanol–water partition coefficient (Wildman–Crippen LogP) is 4.52. The van der Waals surface area contributed by atoms with Crippen LogP contribution >= 0.6 is 0 Å². The molecule has 2 unspecified atom stereocenters. The molecule has 0 radical (unpaired) electrons. The first-order chi connectivity index (χ1) is 11.5. The third-order valence-corrected chi connectivity index (χ3v) is 5.66. The van der Waals surface area contributed by atoms with E-state index in [0.29, 0.717) is 5.56 Å². The number of hydrogen-bond donors (Lipinski definition) is 1. The molecule has 126 valence electrons. The molecule has 2 aliphatic rings. The maximum Gasteiger partial charge on any atom is 0.150 e. The van der Waals surface area contributed by atoms with E-state index >= 15 is 0 Å². The van der Waals surface area contributed by atoms with Crippen LogP contribution in [0, 0.1) is 23.2 Å². The number of aldehydes is 1. The van der Waals surface area contributed by atoms with Crippen LogP contribution in [0.15, 0.2) is 35.4 Å². The van der Waals surface area contributed by atoms with Gasteiger partial charge in [0.15, 0.2) is 0 Å². The molecule has 0 heterocycles. The van der Waals surface area contributed by atoms with E-state index in [1.54, 1.807) is 23.3 Å². The van der Waals surface area contributed by atoms with Gasteiger partial charge in [0.1, 0.15) is 12.4 Å². The smallest absolute Gasteiger partial charge is 0.150 e. The molecule has 0 amide bonds. The molecule has 0 bridgehead atoms.